The lowest BCUT2D eigenvalue weighted by molar-refractivity contribution is -0.132. The second kappa shape index (κ2) is 9.41. The van der Waals surface area contributed by atoms with Crippen LogP contribution in [0, 0.1) is 5.92 Å². The summed E-state index contributed by atoms with van der Waals surface area (Å²) in [6.07, 6.45) is 2.90. The summed E-state index contributed by atoms with van der Waals surface area (Å²) < 4.78 is 31.6. The average Bonchev–Trinajstić information content (AvgIpc) is 2.75. The van der Waals surface area contributed by atoms with E-state index in [1.807, 2.05) is 18.2 Å². The Labute approximate surface area is 173 Å². The maximum atomic E-state index is 12.7. The van der Waals surface area contributed by atoms with E-state index in [1.54, 1.807) is 17.0 Å². The topological polar surface area (TPSA) is 66.9 Å². The van der Waals surface area contributed by atoms with Crippen LogP contribution >= 0.6 is 0 Å². The summed E-state index contributed by atoms with van der Waals surface area (Å²) in [6, 6.07) is 16.6. The van der Waals surface area contributed by atoms with Crippen LogP contribution in [0.3, 0.4) is 0 Å². The molecule has 6 nitrogen and oxygen atoms in total. The van der Waals surface area contributed by atoms with Crippen LogP contribution < -0.4 is 4.74 Å². The SMILES string of the molecule is COc1ccc(S(=O)(=O)N(C)CC(=O)N2CCC(Cc3ccccc3)CC2)cc1. The predicted molar refractivity (Wildman–Crippen MR) is 112 cm³/mol. The molecular weight excluding hydrogens is 388 g/mol. The maximum absolute atomic E-state index is 12.7. The van der Waals surface area contributed by atoms with Crippen molar-refractivity contribution in [1.29, 1.82) is 0 Å². The van der Waals surface area contributed by atoms with Crippen LogP contribution in [0.25, 0.3) is 0 Å². The van der Waals surface area contributed by atoms with Crippen LogP contribution in [0.5, 0.6) is 5.75 Å². The van der Waals surface area contributed by atoms with Gasteiger partial charge in [0.2, 0.25) is 15.9 Å². The van der Waals surface area contributed by atoms with E-state index in [2.05, 4.69) is 12.1 Å². The van der Waals surface area contributed by atoms with Gasteiger partial charge in [-0.2, -0.15) is 4.31 Å². The second-order valence-corrected chi connectivity index (χ2v) is 9.50. The Kier molecular flexibility index (Phi) is 6.92. The van der Waals surface area contributed by atoms with E-state index in [9.17, 15) is 13.2 Å². The number of carbonyl (C=O) groups excluding carboxylic acids is 1. The van der Waals surface area contributed by atoms with Gasteiger partial charge in [-0.1, -0.05) is 30.3 Å². The number of hydrogen-bond donors (Lipinski definition) is 0. The first-order valence-electron chi connectivity index (χ1n) is 9.82. The number of piperidine rings is 1. The summed E-state index contributed by atoms with van der Waals surface area (Å²) in [5, 5.41) is 0. The number of sulfonamides is 1. The second-order valence-electron chi connectivity index (χ2n) is 7.45. The molecule has 0 unspecified atom stereocenters. The van der Waals surface area contributed by atoms with Gasteiger partial charge in [0.05, 0.1) is 18.6 Å². The van der Waals surface area contributed by atoms with Gasteiger partial charge in [-0.05, 0) is 55.0 Å². The number of ether oxygens (including phenoxy) is 1. The number of likely N-dealkylation sites (tertiary alicyclic amines) is 1. The van der Waals surface area contributed by atoms with Crippen LogP contribution in [-0.4, -0.2) is 57.3 Å². The smallest absolute Gasteiger partial charge is 0.243 e. The van der Waals surface area contributed by atoms with Crippen molar-refractivity contribution in [3.63, 3.8) is 0 Å². The lowest BCUT2D eigenvalue weighted by atomic mass is 9.90. The monoisotopic (exact) mass is 416 g/mol. The highest BCUT2D eigenvalue weighted by molar-refractivity contribution is 7.89. The molecule has 0 aromatic heterocycles. The first-order valence-corrected chi connectivity index (χ1v) is 11.3. The van der Waals surface area contributed by atoms with Gasteiger partial charge in [-0.15, -0.1) is 0 Å². The molecule has 0 N–H and O–H groups in total. The van der Waals surface area contributed by atoms with Crippen molar-refractivity contribution in [2.24, 2.45) is 5.92 Å². The zero-order valence-corrected chi connectivity index (χ0v) is 17.8. The van der Waals surface area contributed by atoms with Gasteiger partial charge in [-0.3, -0.25) is 4.79 Å². The fourth-order valence-electron chi connectivity index (χ4n) is 3.64. The number of benzene rings is 2. The third kappa shape index (κ3) is 5.36. The summed E-state index contributed by atoms with van der Waals surface area (Å²) in [5.41, 5.74) is 1.32. The quantitative estimate of drug-likeness (QED) is 0.696. The number of carbonyl (C=O) groups is 1. The highest BCUT2D eigenvalue weighted by Crippen LogP contribution is 2.23. The zero-order valence-electron chi connectivity index (χ0n) is 17.0. The number of nitrogens with zero attached hydrogens (tertiary/aromatic N) is 2. The summed E-state index contributed by atoms with van der Waals surface area (Å²) in [6.45, 7) is 1.19. The number of methoxy groups -OCH3 is 1. The minimum Gasteiger partial charge on any atom is -0.497 e. The summed E-state index contributed by atoms with van der Waals surface area (Å²) in [4.78, 5) is 14.6. The predicted octanol–water partition coefficient (Wildman–Crippen LogP) is 2.80. The number of rotatable bonds is 7. The molecular formula is C22H28N2O4S. The zero-order chi connectivity index (χ0) is 20.9. The standard InChI is InChI=1S/C22H28N2O4S/c1-23(29(26,27)21-10-8-20(28-2)9-11-21)17-22(25)24-14-12-19(13-15-24)16-18-6-4-3-5-7-18/h3-11,19H,12-17H2,1-2H3. The molecule has 2 aromatic rings. The van der Waals surface area contributed by atoms with Crippen molar-refractivity contribution in [2.45, 2.75) is 24.2 Å². The molecule has 1 aliphatic rings. The van der Waals surface area contributed by atoms with Gasteiger partial charge in [-0.25, -0.2) is 8.42 Å². The van der Waals surface area contributed by atoms with E-state index in [1.165, 1.54) is 31.9 Å². The molecule has 0 saturated carbocycles. The highest BCUT2D eigenvalue weighted by Gasteiger charge is 2.27. The Bertz CT molecular complexity index is 906. The van der Waals surface area contributed by atoms with Gasteiger partial charge in [0.1, 0.15) is 5.75 Å². The summed E-state index contributed by atoms with van der Waals surface area (Å²) >= 11 is 0. The van der Waals surface area contributed by atoms with Crippen molar-refractivity contribution >= 4 is 15.9 Å². The Morgan fingerprint density at radius 2 is 1.69 bits per heavy atom. The number of amides is 1. The molecule has 1 saturated heterocycles. The molecule has 1 amide bonds. The van der Waals surface area contributed by atoms with Gasteiger partial charge in [0, 0.05) is 20.1 Å². The average molecular weight is 417 g/mol. The van der Waals surface area contributed by atoms with Crippen LogP contribution in [0.1, 0.15) is 18.4 Å². The van der Waals surface area contributed by atoms with Crippen molar-refractivity contribution in [3.8, 4) is 5.75 Å². The normalized spacial score (nSPS) is 15.5. The van der Waals surface area contributed by atoms with Gasteiger partial charge < -0.3 is 9.64 Å². The number of likely N-dealkylation sites (N-methyl/N-ethyl adjacent to an activating group) is 1. The van der Waals surface area contributed by atoms with Crippen LogP contribution in [0.15, 0.2) is 59.5 Å². The molecule has 0 spiro atoms. The molecule has 1 fully saturated rings. The highest BCUT2D eigenvalue weighted by atomic mass is 32.2. The number of hydrogen-bond acceptors (Lipinski definition) is 4. The third-order valence-corrected chi connectivity index (χ3v) is 7.28. The molecule has 2 aromatic carbocycles. The Balaban J connectivity index is 1.53. The van der Waals surface area contributed by atoms with Crippen molar-refractivity contribution in [2.75, 3.05) is 33.8 Å². The van der Waals surface area contributed by atoms with Crippen LogP contribution in [0.2, 0.25) is 0 Å². The molecule has 0 bridgehead atoms. The summed E-state index contributed by atoms with van der Waals surface area (Å²) in [7, 11) is -0.750. The summed E-state index contributed by atoms with van der Waals surface area (Å²) in [5.74, 6) is 0.992. The molecule has 156 valence electrons. The maximum Gasteiger partial charge on any atom is 0.243 e. The lowest BCUT2D eigenvalue weighted by Gasteiger charge is -2.33. The van der Waals surface area contributed by atoms with E-state index in [0.717, 1.165) is 23.6 Å². The van der Waals surface area contributed by atoms with Crippen molar-refractivity contribution in [1.82, 2.24) is 9.21 Å². The van der Waals surface area contributed by atoms with Gasteiger partial charge in [0.15, 0.2) is 0 Å². The van der Waals surface area contributed by atoms with Gasteiger partial charge in [0.25, 0.3) is 0 Å². The van der Waals surface area contributed by atoms with Gasteiger partial charge >= 0.3 is 0 Å². The molecule has 0 atom stereocenters. The van der Waals surface area contributed by atoms with Crippen molar-refractivity contribution in [3.05, 3.63) is 60.2 Å². The molecule has 0 aliphatic carbocycles. The Hall–Kier alpha value is -2.38. The van der Waals surface area contributed by atoms with Crippen LogP contribution in [-0.2, 0) is 21.2 Å². The van der Waals surface area contributed by atoms with E-state index in [4.69, 9.17) is 4.74 Å². The minimum atomic E-state index is -3.72. The molecule has 3 rings (SSSR count). The first-order chi connectivity index (χ1) is 13.9. The molecule has 1 heterocycles. The van der Waals surface area contributed by atoms with E-state index < -0.39 is 10.0 Å². The fourth-order valence-corrected chi connectivity index (χ4v) is 4.76. The molecule has 29 heavy (non-hydrogen) atoms. The van der Waals surface area contributed by atoms with E-state index >= 15 is 0 Å². The molecule has 7 heteroatoms. The Morgan fingerprint density at radius 3 is 2.28 bits per heavy atom. The minimum absolute atomic E-state index is 0.148. The third-order valence-electron chi connectivity index (χ3n) is 5.46. The van der Waals surface area contributed by atoms with E-state index in [-0.39, 0.29) is 17.3 Å². The lowest BCUT2D eigenvalue weighted by Crippen LogP contribution is -2.44. The first kappa shape index (κ1) is 21.3. The molecule has 0 radical (unpaired) electrons. The van der Waals surface area contributed by atoms with Crippen LogP contribution in [0.4, 0.5) is 0 Å². The molecule has 1 aliphatic heterocycles. The largest absolute Gasteiger partial charge is 0.497 e. The van der Waals surface area contributed by atoms with Crippen molar-refractivity contribution < 1.29 is 17.9 Å². The fraction of sp³-hybridized carbons (Fsp3) is 0.409. The Morgan fingerprint density at radius 1 is 1.07 bits per heavy atom. The van der Waals surface area contributed by atoms with E-state index in [0.29, 0.717) is 24.8 Å².